The Morgan fingerprint density at radius 3 is 2.55 bits per heavy atom. The highest BCUT2D eigenvalue weighted by Gasteiger charge is 2.04. The zero-order valence-corrected chi connectivity index (χ0v) is 12.0. The summed E-state index contributed by atoms with van der Waals surface area (Å²) in [6.07, 6.45) is 0. The molecule has 0 aliphatic rings. The Morgan fingerprint density at radius 2 is 1.80 bits per heavy atom. The van der Waals surface area contributed by atoms with Gasteiger partial charge in [0, 0.05) is 17.9 Å². The van der Waals surface area contributed by atoms with Crippen LogP contribution < -0.4 is 16.4 Å². The van der Waals surface area contributed by atoms with E-state index >= 15 is 0 Å². The van der Waals surface area contributed by atoms with Crippen LogP contribution >= 0.6 is 23.2 Å². The maximum atomic E-state index is 10.8. The summed E-state index contributed by atoms with van der Waals surface area (Å²) in [5.74, 6) is 0. The lowest BCUT2D eigenvalue weighted by molar-refractivity contribution is 0.259. The van der Waals surface area contributed by atoms with Crippen LogP contribution in [0.1, 0.15) is 5.56 Å². The topological polar surface area (TPSA) is 67.2 Å². The van der Waals surface area contributed by atoms with Gasteiger partial charge < -0.3 is 16.4 Å². The van der Waals surface area contributed by atoms with E-state index in [9.17, 15) is 4.79 Å². The molecular weight excluding hydrogens is 297 g/mol. The summed E-state index contributed by atoms with van der Waals surface area (Å²) in [6, 6.07) is 12.1. The van der Waals surface area contributed by atoms with Crippen molar-refractivity contribution in [3.05, 3.63) is 58.1 Å². The van der Waals surface area contributed by atoms with Crippen LogP contribution in [-0.4, -0.2) is 6.03 Å². The standard InChI is InChI=1S/C14H13Cl2N3O/c15-12-6-1-3-9(13(12)16)8-18-10-4-2-5-11(7-10)19-14(17)20/h1-7,18H,8H2,(H3,17,19,20). The van der Waals surface area contributed by atoms with Crippen LogP contribution in [0.25, 0.3) is 0 Å². The fourth-order valence-corrected chi connectivity index (χ4v) is 2.12. The zero-order valence-electron chi connectivity index (χ0n) is 10.5. The lowest BCUT2D eigenvalue weighted by Crippen LogP contribution is -2.19. The molecule has 0 saturated heterocycles. The highest BCUT2D eigenvalue weighted by atomic mass is 35.5. The van der Waals surface area contributed by atoms with Crippen molar-refractivity contribution >= 4 is 40.6 Å². The molecule has 0 atom stereocenters. The predicted octanol–water partition coefficient (Wildman–Crippen LogP) is 4.10. The van der Waals surface area contributed by atoms with E-state index < -0.39 is 6.03 Å². The largest absolute Gasteiger partial charge is 0.381 e. The molecule has 0 bridgehead atoms. The molecule has 2 aromatic carbocycles. The molecule has 0 heterocycles. The number of nitrogens with two attached hydrogens (primary N) is 1. The number of urea groups is 1. The Morgan fingerprint density at radius 1 is 1.10 bits per heavy atom. The number of carbonyl (C=O) groups excluding carboxylic acids is 1. The Labute approximate surface area is 126 Å². The van der Waals surface area contributed by atoms with E-state index in [0.29, 0.717) is 22.3 Å². The van der Waals surface area contributed by atoms with Crippen LogP contribution in [0.3, 0.4) is 0 Å². The van der Waals surface area contributed by atoms with Gasteiger partial charge >= 0.3 is 6.03 Å². The molecule has 0 unspecified atom stereocenters. The Bertz CT molecular complexity index is 632. The molecule has 2 aromatic rings. The molecule has 0 radical (unpaired) electrons. The summed E-state index contributed by atoms with van der Waals surface area (Å²) < 4.78 is 0. The van der Waals surface area contributed by atoms with Crippen LogP contribution in [-0.2, 0) is 6.54 Å². The van der Waals surface area contributed by atoms with E-state index in [0.717, 1.165) is 11.3 Å². The third-order valence-electron chi connectivity index (χ3n) is 2.64. The molecule has 4 N–H and O–H groups in total. The third kappa shape index (κ3) is 3.79. The number of primary amides is 1. The van der Waals surface area contributed by atoms with Crippen molar-refractivity contribution < 1.29 is 4.79 Å². The Hall–Kier alpha value is -1.91. The molecule has 4 nitrogen and oxygen atoms in total. The third-order valence-corrected chi connectivity index (χ3v) is 3.50. The van der Waals surface area contributed by atoms with E-state index in [2.05, 4.69) is 10.6 Å². The Balaban J connectivity index is 2.07. The van der Waals surface area contributed by atoms with Gasteiger partial charge in [-0.1, -0.05) is 41.4 Å². The van der Waals surface area contributed by atoms with Gasteiger partial charge in [-0.05, 0) is 29.8 Å². The van der Waals surface area contributed by atoms with Gasteiger partial charge in [-0.2, -0.15) is 0 Å². The first-order valence-electron chi connectivity index (χ1n) is 5.89. The number of hydrogen-bond acceptors (Lipinski definition) is 2. The summed E-state index contributed by atoms with van der Waals surface area (Å²) >= 11 is 12.1. The van der Waals surface area contributed by atoms with Gasteiger partial charge in [0.2, 0.25) is 0 Å². The van der Waals surface area contributed by atoms with Gasteiger partial charge in [-0.25, -0.2) is 4.79 Å². The van der Waals surface area contributed by atoms with Crippen molar-refractivity contribution in [3.8, 4) is 0 Å². The fraction of sp³-hybridized carbons (Fsp3) is 0.0714. The number of carbonyl (C=O) groups is 1. The van der Waals surface area contributed by atoms with E-state index in [1.807, 2.05) is 24.3 Å². The second kappa shape index (κ2) is 6.50. The Kier molecular flexibility index (Phi) is 4.71. The van der Waals surface area contributed by atoms with Crippen molar-refractivity contribution in [2.45, 2.75) is 6.54 Å². The minimum absolute atomic E-state index is 0.523. The van der Waals surface area contributed by atoms with E-state index in [1.165, 1.54) is 0 Å². The minimum atomic E-state index is -0.597. The van der Waals surface area contributed by atoms with E-state index in [-0.39, 0.29) is 0 Å². The first-order valence-corrected chi connectivity index (χ1v) is 6.65. The van der Waals surface area contributed by atoms with Crippen LogP contribution in [0.15, 0.2) is 42.5 Å². The number of halogens is 2. The normalized spacial score (nSPS) is 10.1. The van der Waals surface area contributed by atoms with Crippen LogP contribution in [0, 0.1) is 0 Å². The summed E-state index contributed by atoms with van der Waals surface area (Å²) in [5.41, 5.74) is 7.43. The summed E-state index contributed by atoms with van der Waals surface area (Å²) in [5, 5.41) is 6.78. The molecule has 0 aromatic heterocycles. The number of amides is 2. The van der Waals surface area contributed by atoms with Crippen molar-refractivity contribution in [2.75, 3.05) is 10.6 Å². The molecule has 0 saturated carbocycles. The van der Waals surface area contributed by atoms with E-state index in [1.54, 1.807) is 18.2 Å². The fourth-order valence-electron chi connectivity index (χ4n) is 1.73. The molecule has 2 amide bonds. The summed E-state index contributed by atoms with van der Waals surface area (Å²) in [7, 11) is 0. The monoisotopic (exact) mass is 309 g/mol. The number of anilines is 2. The lowest BCUT2D eigenvalue weighted by Gasteiger charge is -2.10. The molecule has 2 rings (SSSR count). The zero-order chi connectivity index (χ0) is 14.5. The highest BCUT2D eigenvalue weighted by molar-refractivity contribution is 6.42. The van der Waals surface area contributed by atoms with Crippen LogP contribution in [0.2, 0.25) is 10.0 Å². The van der Waals surface area contributed by atoms with Crippen molar-refractivity contribution in [2.24, 2.45) is 5.73 Å². The predicted molar refractivity (Wildman–Crippen MR) is 83.4 cm³/mol. The van der Waals surface area contributed by atoms with Crippen molar-refractivity contribution in [3.63, 3.8) is 0 Å². The maximum absolute atomic E-state index is 10.8. The minimum Gasteiger partial charge on any atom is -0.381 e. The van der Waals surface area contributed by atoms with Crippen LogP contribution in [0.5, 0.6) is 0 Å². The second-order valence-corrected chi connectivity index (χ2v) is 4.92. The molecule has 6 heteroatoms. The average molecular weight is 310 g/mol. The second-order valence-electron chi connectivity index (χ2n) is 4.14. The molecular formula is C14H13Cl2N3O. The highest BCUT2D eigenvalue weighted by Crippen LogP contribution is 2.26. The van der Waals surface area contributed by atoms with Crippen molar-refractivity contribution in [1.82, 2.24) is 0 Å². The first-order chi connectivity index (χ1) is 9.56. The maximum Gasteiger partial charge on any atom is 0.316 e. The number of benzene rings is 2. The van der Waals surface area contributed by atoms with Crippen molar-refractivity contribution in [1.29, 1.82) is 0 Å². The quantitative estimate of drug-likeness (QED) is 0.796. The van der Waals surface area contributed by atoms with Gasteiger partial charge in [-0.15, -0.1) is 0 Å². The first kappa shape index (κ1) is 14.5. The smallest absolute Gasteiger partial charge is 0.316 e. The lowest BCUT2D eigenvalue weighted by atomic mass is 10.2. The van der Waals surface area contributed by atoms with E-state index in [4.69, 9.17) is 28.9 Å². The average Bonchev–Trinajstić information content (AvgIpc) is 2.40. The number of rotatable bonds is 4. The molecule has 0 fully saturated rings. The molecule has 0 aliphatic heterocycles. The van der Waals surface area contributed by atoms with Gasteiger partial charge in [0.15, 0.2) is 0 Å². The molecule has 20 heavy (non-hydrogen) atoms. The molecule has 104 valence electrons. The van der Waals surface area contributed by atoms with Gasteiger partial charge in [0.25, 0.3) is 0 Å². The molecule has 0 spiro atoms. The number of hydrogen-bond donors (Lipinski definition) is 3. The van der Waals surface area contributed by atoms with Gasteiger partial charge in [0.05, 0.1) is 10.0 Å². The number of nitrogens with one attached hydrogen (secondary N) is 2. The van der Waals surface area contributed by atoms with Crippen LogP contribution in [0.4, 0.5) is 16.2 Å². The SMILES string of the molecule is NC(=O)Nc1cccc(NCc2cccc(Cl)c2Cl)c1. The summed E-state index contributed by atoms with van der Waals surface area (Å²) in [6.45, 7) is 0.527. The molecule has 0 aliphatic carbocycles. The van der Waals surface area contributed by atoms with Gasteiger partial charge in [-0.3, -0.25) is 0 Å². The summed E-state index contributed by atoms with van der Waals surface area (Å²) in [4.78, 5) is 10.8. The van der Waals surface area contributed by atoms with Gasteiger partial charge in [0.1, 0.15) is 0 Å².